The molecule has 2 aromatic heterocycles. The average molecular weight is 305 g/mol. The van der Waals surface area contributed by atoms with Gasteiger partial charge in [-0.15, -0.1) is 22.9 Å². The zero-order valence-electron chi connectivity index (χ0n) is 11.6. The van der Waals surface area contributed by atoms with E-state index in [-0.39, 0.29) is 0 Å². The van der Waals surface area contributed by atoms with Crippen LogP contribution >= 0.6 is 22.9 Å². The van der Waals surface area contributed by atoms with Crippen molar-refractivity contribution in [1.82, 2.24) is 9.55 Å². The standard InChI is InChI=1S/C16H17ClN2S/c1-11-5-6-14-13(10-11)18-16(7-8-17)19(14)12(2)15-4-3-9-20-15/h3-6,9-10,12H,7-8H2,1-2H3. The van der Waals surface area contributed by atoms with Gasteiger partial charge in [0.2, 0.25) is 0 Å². The first-order valence-electron chi connectivity index (χ1n) is 6.77. The van der Waals surface area contributed by atoms with E-state index in [1.807, 2.05) is 0 Å². The molecule has 0 aliphatic carbocycles. The molecule has 104 valence electrons. The Morgan fingerprint density at radius 2 is 2.20 bits per heavy atom. The lowest BCUT2D eigenvalue weighted by Gasteiger charge is -2.16. The van der Waals surface area contributed by atoms with Crippen LogP contribution in [0.5, 0.6) is 0 Å². The molecule has 2 nitrogen and oxygen atoms in total. The summed E-state index contributed by atoms with van der Waals surface area (Å²) in [5.74, 6) is 1.67. The second kappa shape index (κ2) is 5.58. The van der Waals surface area contributed by atoms with Crippen LogP contribution in [0.15, 0.2) is 35.7 Å². The molecule has 20 heavy (non-hydrogen) atoms. The van der Waals surface area contributed by atoms with Crippen LogP contribution in [-0.2, 0) is 6.42 Å². The number of benzene rings is 1. The van der Waals surface area contributed by atoms with E-state index in [2.05, 4.69) is 54.1 Å². The van der Waals surface area contributed by atoms with Crippen LogP contribution in [-0.4, -0.2) is 15.4 Å². The van der Waals surface area contributed by atoms with E-state index in [0.29, 0.717) is 11.9 Å². The normalized spacial score (nSPS) is 12.9. The molecular formula is C16H17ClN2S. The SMILES string of the molecule is Cc1ccc2c(c1)nc(CCCl)n2C(C)c1cccs1. The second-order valence-corrected chi connectivity index (χ2v) is 6.38. The largest absolute Gasteiger partial charge is 0.320 e. The molecule has 0 N–H and O–H groups in total. The molecule has 2 heterocycles. The first-order valence-corrected chi connectivity index (χ1v) is 8.19. The number of halogens is 1. The number of hydrogen-bond donors (Lipinski definition) is 0. The molecule has 0 aliphatic rings. The van der Waals surface area contributed by atoms with Crippen molar-refractivity contribution in [3.05, 3.63) is 52.0 Å². The van der Waals surface area contributed by atoms with Crippen LogP contribution in [0.25, 0.3) is 11.0 Å². The lowest BCUT2D eigenvalue weighted by molar-refractivity contribution is 0.633. The quantitative estimate of drug-likeness (QED) is 0.633. The molecule has 3 rings (SSSR count). The minimum absolute atomic E-state index is 0.293. The molecule has 0 bridgehead atoms. The first-order chi connectivity index (χ1) is 9.70. The van der Waals surface area contributed by atoms with Gasteiger partial charge in [-0.3, -0.25) is 0 Å². The molecular weight excluding hydrogens is 288 g/mol. The minimum Gasteiger partial charge on any atom is -0.320 e. The topological polar surface area (TPSA) is 17.8 Å². The second-order valence-electron chi connectivity index (χ2n) is 5.02. The number of thiophene rings is 1. The van der Waals surface area contributed by atoms with Crippen molar-refractivity contribution in [2.75, 3.05) is 5.88 Å². The Hall–Kier alpha value is -1.32. The zero-order valence-corrected chi connectivity index (χ0v) is 13.2. The van der Waals surface area contributed by atoms with Crippen molar-refractivity contribution < 1.29 is 0 Å². The van der Waals surface area contributed by atoms with Gasteiger partial charge in [0.25, 0.3) is 0 Å². The fraction of sp³-hybridized carbons (Fsp3) is 0.312. The number of aryl methyl sites for hydroxylation is 2. The summed E-state index contributed by atoms with van der Waals surface area (Å²) < 4.78 is 2.32. The third kappa shape index (κ3) is 2.36. The maximum atomic E-state index is 5.95. The number of imidazole rings is 1. The Morgan fingerprint density at radius 3 is 2.90 bits per heavy atom. The Kier molecular flexibility index (Phi) is 3.81. The molecule has 1 atom stereocenters. The van der Waals surface area contributed by atoms with Crippen LogP contribution < -0.4 is 0 Å². The number of alkyl halides is 1. The molecule has 0 saturated carbocycles. The molecule has 0 spiro atoms. The third-order valence-electron chi connectivity index (χ3n) is 3.58. The number of nitrogens with zero attached hydrogens (tertiary/aromatic N) is 2. The van der Waals surface area contributed by atoms with Gasteiger partial charge < -0.3 is 4.57 Å². The Labute approximate surface area is 128 Å². The number of rotatable bonds is 4. The lowest BCUT2D eigenvalue weighted by atomic mass is 10.2. The van der Waals surface area contributed by atoms with Gasteiger partial charge in [0, 0.05) is 17.2 Å². The van der Waals surface area contributed by atoms with Crippen LogP contribution in [0.4, 0.5) is 0 Å². The van der Waals surface area contributed by atoms with Crippen molar-refractivity contribution in [1.29, 1.82) is 0 Å². The van der Waals surface area contributed by atoms with Gasteiger partial charge in [-0.1, -0.05) is 12.1 Å². The third-order valence-corrected chi connectivity index (χ3v) is 4.81. The van der Waals surface area contributed by atoms with Crippen molar-refractivity contribution in [3.8, 4) is 0 Å². The van der Waals surface area contributed by atoms with Crippen molar-refractivity contribution in [2.45, 2.75) is 26.3 Å². The van der Waals surface area contributed by atoms with E-state index >= 15 is 0 Å². The van der Waals surface area contributed by atoms with Crippen LogP contribution in [0, 0.1) is 6.92 Å². The molecule has 3 aromatic rings. The van der Waals surface area contributed by atoms with E-state index in [9.17, 15) is 0 Å². The van der Waals surface area contributed by atoms with Gasteiger partial charge >= 0.3 is 0 Å². The van der Waals surface area contributed by atoms with Gasteiger partial charge in [0.05, 0.1) is 17.1 Å². The van der Waals surface area contributed by atoms with E-state index in [1.165, 1.54) is 16.0 Å². The summed E-state index contributed by atoms with van der Waals surface area (Å²) in [6, 6.07) is 11.0. The van der Waals surface area contributed by atoms with E-state index in [4.69, 9.17) is 16.6 Å². The van der Waals surface area contributed by atoms with Crippen LogP contribution in [0.2, 0.25) is 0 Å². The number of aromatic nitrogens is 2. The monoisotopic (exact) mass is 304 g/mol. The Balaban J connectivity index is 2.18. The van der Waals surface area contributed by atoms with Crippen LogP contribution in [0.1, 0.15) is 29.2 Å². The van der Waals surface area contributed by atoms with Crippen molar-refractivity contribution >= 4 is 34.0 Å². The van der Waals surface area contributed by atoms with Gasteiger partial charge in [-0.25, -0.2) is 4.98 Å². The predicted octanol–water partition coefficient (Wildman–Crippen LogP) is 4.80. The molecule has 0 radical (unpaired) electrons. The summed E-state index contributed by atoms with van der Waals surface area (Å²) in [5.41, 5.74) is 3.49. The molecule has 4 heteroatoms. The van der Waals surface area contributed by atoms with E-state index < -0.39 is 0 Å². The van der Waals surface area contributed by atoms with Crippen molar-refractivity contribution in [2.24, 2.45) is 0 Å². The molecule has 1 aromatic carbocycles. The molecule has 0 aliphatic heterocycles. The number of hydrogen-bond acceptors (Lipinski definition) is 2. The highest BCUT2D eigenvalue weighted by Crippen LogP contribution is 2.29. The van der Waals surface area contributed by atoms with Gasteiger partial charge in [-0.05, 0) is 43.0 Å². The van der Waals surface area contributed by atoms with Crippen LogP contribution in [0.3, 0.4) is 0 Å². The number of fused-ring (bicyclic) bond motifs is 1. The maximum absolute atomic E-state index is 5.95. The maximum Gasteiger partial charge on any atom is 0.111 e. The highest BCUT2D eigenvalue weighted by molar-refractivity contribution is 7.10. The van der Waals surface area contributed by atoms with E-state index in [0.717, 1.165) is 17.8 Å². The lowest BCUT2D eigenvalue weighted by Crippen LogP contribution is -2.10. The molecule has 0 amide bonds. The first kappa shape index (κ1) is 13.7. The predicted molar refractivity (Wildman–Crippen MR) is 87.0 cm³/mol. The van der Waals surface area contributed by atoms with Gasteiger partial charge in [0.1, 0.15) is 5.82 Å². The Bertz CT molecular complexity index is 715. The highest BCUT2D eigenvalue weighted by atomic mass is 35.5. The minimum atomic E-state index is 0.293. The summed E-state index contributed by atoms with van der Waals surface area (Å²) in [7, 11) is 0. The smallest absolute Gasteiger partial charge is 0.111 e. The Morgan fingerprint density at radius 1 is 1.35 bits per heavy atom. The fourth-order valence-corrected chi connectivity index (χ4v) is 3.55. The average Bonchev–Trinajstić information content (AvgIpc) is 3.05. The summed E-state index contributed by atoms with van der Waals surface area (Å²) >= 11 is 7.73. The zero-order chi connectivity index (χ0) is 14.1. The van der Waals surface area contributed by atoms with Gasteiger partial charge in [0.15, 0.2) is 0 Å². The highest BCUT2D eigenvalue weighted by Gasteiger charge is 2.17. The summed E-state index contributed by atoms with van der Waals surface area (Å²) in [6.07, 6.45) is 0.797. The molecule has 1 unspecified atom stereocenters. The van der Waals surface area contributed by atoms with Gasteiger partial charge in [-0.2, -0.15) is 0 Å². The summed E-state index contributed by atoms with van der Waals surface area (Å²) in [6.45, 7) is 4.33. The summed E-state index contributed by atoms with van der Waals surface area (Å²) in [4.78, 5) is 6.13. The van der Waals surface area contributed by atoms with E-state index in [1.54, 1.807) is 11.3 Å². The van der Waals surface area contributed by atoms with Crippen molar-refractivity contribution in [3.63, 3.8) is 0 Å². The fourth-order valence-electron chi connectivity index (χ4n) is 2.61. The molecule has 0 fully saturated rings. The molecule has 0 saturated heterocycles. The summed E-state index contributed by atoms with van der Waals surface area (Å²) in [5, 5.41) is 2.12.